The molecule has 0 radical (unpaired) electrons. The highest BCUT2D eigenvalue weighted by molar-refractivity contribution is 7.91. The number of aryl methyl sites for hydroxylation is 1. The molecule has 1 heterocycles. The Bertz CT molecular complexity index is 850. The van der Waals surface area contributed by atoms with Gasteiger partial charge in [0.2, 0.25) is 10.0 Å². The first-order chi connectivity index (χ1) is 12.3. The second-order valence-corrected chi connectivity index (χ2v) is 8.76. The Morgan fingerprint density at radius 1 is 1.15 bits per heavy atom. The van der Waals surface area contributed by atoms with Crippen molar-refractivity contribution in [3.63, 3.8) is 0 Å². The lowest BCUT2D eigenvalue weighted by atomic mass is 10.1. The van der Waals surface area contributed by atoms with Crippen molar-refractivity contribution in [3.8, 4) is 0 Å². The molecule has 1 aliphatic rings. The molecule has 1 saturated heterocycles. The molecule has 26 heavy (non-hydrogen) atoms. The van der Waals surface area contributed by atoms with Gasteiger partial charge in [0, 0.05) is 24.0 Å². The Labute approximate surface area is 156 Å². The quantitative estimate of drug-likeness (QED) is 0.869. The Morgan fingerprint density at radius 2 is 1.88 bits per heavy atom. The van der Waals surface area contributed by atoms with E-state index in [-0.39, 0.29) is 11.9 Å². The molecular weight excluding hydrogens is 348 g/mol. The summed E-state index contributed by atoms with van der Waals surface area (Å²) in [7, 11) is -3.45. The molecule has 1 N–H and O–H groups in total. The molecule has 140 valence electrons. The van der Waals surface area contributed by atoms with Gasteiger partial charge in [-0.15, -0.1) is 0 Å². The third-order valence-corrected chi connectivity index (χ3v) is 5.78. The number of ether oxygens (including phenoxy) is 1. The van der Waals surface area contributed by atoms with Crippen LogP contribution in [0, 0.1) is 6.92 Å². The van der Waals surface area contributed by atoms with E-state index in [9.17, 15) is 8.42 Å². The van der Waals surface area contributed by atoms with Gasteiger partial charge in [-0.2, -0.15) is 0 Å². The fourth-order valence-corrected chi connectivity index (χ4v) is 4.41. The Morgan fingerprint density at radius 3 is 2.58 bits per heavy atom. The van der Waals surface area contributed by atoms with Crippen LogP contribution in [0.5, 0.6) is 0 Å². The van der Waals surface area contributed by atoms with E-state index < -0.39 is 10.0 Å². The molecule has 2 aromatic carbocycles. The molecule has 3 rings (SSSR count). The van der Waals surface area contributed by atoms with E-state index in [2.05, 4.69) is 23.5 Å². The number of morpholine rings is 1. The summed E-state index contributed by atoms with van der Waals surface area (Å²) in [6, 6.07) is 15.4. The molecule has 1 aliphatic heterocycles. The SMILES string of the molecule is Cc1cccc(CS(=O)(=O)Nc2ccc(N3CC(C)OCC3C)cc2)c1. The van der Waals surface area contributed by atoms with Crippen molar-refractivity contribution in [1.82, 2.24) is 0 Å². The third kappa shape index (κ3) is 4.77. The minimum absolute atomic E-state index is 0.0333. The molecule has 0 amide bonds. The highest BCUT2D eigenvalue weighted by Crippen LogP contribution is 2.24. The maximum Gasteiger partial charge on any atom is 0.236 e. The maximum atomic E-state index is 12.4. The number of rotatable bonds is 5. The average molecular weight is 375 g/mol. The average Bonchev–Trinajstić information content (AvgIpc) is 2.57. The van der Waals surface area contributed by atoms with Gasteiger partial charge < -0.3 is 9.64 Å². The van der Waals surface area contributed by atoms with Gasteiger partial charge in [0.1, 0.15) is 0 Å². The van der Waals surface area contributed by atoms with Crippen molar-refractivity contribution in [2.24, 2.45) is 0 Å². The summed E-state index contributed by atoms with van der Waals surface area (Å²) in [5.74, 6) is -0.0333. The molecule has 0 aromatic heterocycles. The summed E-state index contributed by atoms with van der Waals surface area (Å²) in [6.45, 7) is 7.68. The second-order valence-electron chi connectivity index (χ2n) is 7.04. The van der Waals surface area contributed by atoms with Crippen molar-refractivity contribution in [2.45, 2.75) is 38.7 Å². The van der Waals surface area contributed by atoms with Gasteiger partial charge in [0.25, 0.3) is 0 Å². The van der Waals surface area contributed by atoms with Crippen molar-refractivity contribution in [1.29, 1.82) is 0 Å². The molecule has 0 aliphatic carbocycles. The monoisotopic (exact) mass is 374 g/mol. The summed E-state index contributed by atoms with van der Waals surface area (Å²) in [5.41, 5.74) is 3.49. The van der Waals surface area contributed by atoms with Crippen LogP contribution in [-0.4, -0.2) is 33.7 Å². The molecule has 0 bridgehead atoms. The van der Waals surface area contributed by atoms with E-state index in [0.717, 1.165) is 23.4 Å². The zero-order valence-corrected chi connectivity index (χ0v) is 16.3. The van der Waals surface area contributed by atoms with Gasteiger partial charge in [-0.3, -0.25) is 4.72 Å². The third-order valence-electron chi connectivity index (χ3n) is 4.52. The predicted octanol–water partition coefficient (Wildman–Crippen LogP) is 3.55. The highest BCUT2D eigenvalue weighted by Gasteiger charge is 2.23. The van der Waals surface area contributed by atoms with Crippen molar-refractivity contribution in [3.05, 3.63) is 59.7 Å². The molecule has 1 fully saturated rings. The van der Waals surface area contributed by atoms with Gasteiger partial charge in [0.05, 0.1) is 18.5 Å². The molecule has 2 atom stereocenters. The van der Waals surface area contributed by atoms with Gasteiger partial charge in [0.15, 0.2) is 0 Å². The van der Waals surface area contributed by atoms with Gasteiger partial charge in [-0.1, -0.05) is 29.8 Å². The fraction of sp³-hybridized carbons (Fsp3) is 0.400. The first-order valence-corrected chi connectivity index (χ1v) is 10.5. The number of benzene rings is 2. The number of anilines is 2. The Kier molecular flexibility index (Phi) is 5.53. The van der Waals surface area contributed by atoms with E-state index in [1.807, 2.05) is 55.5 Å². The van der Waals surface area contributed by atoms with Gasteiger partial charge >= 0.3 is 0 Å². The van der Waals surface area contributed by atoms with E-state index in [1.165, 1.54) is 0 Å². The van der Waals surface area contributed by atoms with Crippen LogP contribution in [0.4, 0.5) is 11.4 Å². The van der Waals surface area contributed by atoms with Crippen LogP contribution in [-0.2, 0) is 20.5 Å². The van der Waals surface area contributed by atoms with Crippen LogP contribution in [0.3, 0.4) is 0 Å². The van der Waals surface area contributed by atoms with Crippen molar-refractivity contribution < 1.29 is 13.2 Å². The molecule has 0 saturated carbocycles. The van der Waals surface area contributed by atoms with Crippen LogP contribution in [0.25, 0.3) is 0 Å². The summed E-state index contributed by atoms with van der Waals surface area (Å²) in [6.07, 6.45) is 0.193. The zero-order chi connectivity index (χ0) is 18.7. The standard InChI is InChI=1S/C20H26N2O3S/c1-15-5-4-6-18(11-15)14-26(23,24)21-19-7-9-20(10-8-19)22-12-17(3)25-13-16(22)2/h4-11,16-17,21H,12-14H2,1-3H3. The first-order valence-electron chi connectivity index (χ1n) is 8.87. The lowest BCUT2D eigenvalue weighted by Crippen LogP contribution is -2.47. The van der Waals surface area contributed by atoms with E-state index in [1.54, 1.807) is 0 Å². The lowest BCUT2D eigenvalue weighted by molar-refractivity contribution is 0.0344. The second kappa shape index (κ2) is 7.68. The number of sulfonamides is 1. The molecule has 0 spiro atoms. The van der Waals surface area contributed by atoms with E-state index >= 15 is 0 Å². The zero-order valence-electron chi connectivity index (χ0n) is 15.5. The number of hydrogen-bond donors (Lipinski definition) is 1. The molecular formula is C20H26N2O3S. The van der Waals surface area contributed by atoms with Gasteiger partial charge in [-0.05, 0) is 50.6 Å². The predicted molar refractivity (Wildman–Crippen MR) is 106 cm³/mol. The van der Waals surface area contributed by atoms with Crippen LogP contribution in [0.2, 0.25) is 0 Å². The highest BCUT2D eigenvalue weighted by atomic mass is 32.2. The number of nitrogens with one attached hydrogen (secondary N) is 1. The summed E-state index contributed by atoms with van der Waals surface area (Å²) >= 11 is 0. The van der Waals surface area contributed by atoms with Crippen LogP contribution >= 0.6 is 0 Å². The van der Waals surface area contributed by atoms with E-state index in [4.69, 9.17) is 4.74 Å². The Balaban J connectivity index is 1.68. The van der Waals surface area contributed by atoms with Crippen molar-refractivity contribution in [2.75, 3.05) is 22.8 Å². The molecule has 2 aromatic rings. The molecule has 2 unspecified atom stereocenters. The summed E-state index contributed by atoms with van der Waals surface area (Å²) < 4.78 is 33.2. The maximum absolute atomic E-state index is 12.4. The first kappa shape index (κ1) is 18.7. The largest absolute Gasteiger partial charge is 0.375 e. The van der Waals surface area contributed by atoms with Gasteiger partial charge in [-0.25, -0.2) is 8.42 Å². The number of nitrogens with zero attached hydrogens (tertiary/aromatic N) is 1. The topological polar surface area (TPSA) is 58.6 Å². The fourth-order valence-electron chi connectivity index (χ4n) is 3.22. The normalized spacial score (nSPS) is 20.8. The summed E-state index contributed by atoms with van der Waals surface area (Å²) in [4.78, 5) is 2.29. The summed E-state index contributed by atoms with van der Waals surface area (Å²) in [5, 5.41) is 0. The minimum atomic E-state index is -3.45. The smallest absolute Gasteiger partial charge is 0.236 e. The van der Waals surface area contributed by atoms with E-state index in [0.29, 0.717) is 18.3 Å². The number of hydrogen-bond acceptors (Lipinski definition) is 4. The van der Waals surface area contributed by atoms with Crippen LogP contribution in [0.1, 0.15) is 25.0 Å². The Hall–Kier alpha value is -2.05. The van der Waals surface area contributed by atoms with Crippen LogP contribution in [0.15, 0.2) is 48.5 Å². The minimum Gasteiger partial charge on any atom is -0.375 e. The van der Waals surface area contributed by atoms with Crippen LogP contribution < -0.4 is 9.62 Å². The van der Waals surface area contributed by atoms with Crippen molar-refractivity contribution >= 4 is 21.4 Å². The molecule has 5 nitrogen and oxygen atoms in total. The lowest BCUT2D eigenvalue weighted by Gasteiger charge is -2.38. The molecule has 6 heteroatoms.